The third-order valence-electron chi connectivity index (χ3n) is 2.68. The number of hydrogen-bond acceptors (Lipinski definition) is 5. The smallest absolute Gasteiger partial charge is 0.273 e. The van der Waals surface area contributed by atoms with Crippen LogP contribution in [0.3, 0.4) is 0 Å². The molecule has 0 aliphatic heterocycles. The summed E-state index contributed by atoms with van der Waals surface area (Å²) in [6.07, 6.45) is 3.14. The molecular formula is C12H19N3O2S. The summed E-state index contributed by atoms with van der Waals surface area (Å²) in [5.41, 5.74) is 1.75. The van der Waals surface area contributed by atoms with Gasteiger partial charge in [-0.3, -0.25) is 10.1 Å². The molecule has 1 rings (SSSR count). The maximum Gasteiger partial charge on any atom is 0.273 e. The van der Waals surface area contributed by atoms with Gasteiger partial charge >= 0.3 is 0 Å². The van der Waals surface area contributed by atoms with Crippen LogP contribution in [0.1, 0.15) is 6.42 Å². The molecule has 0 bridgehead atoms. The second-order valence-electron chi connectivity index (χ2n) is 4.01. The van der Waals surface area contributed by atoms with Crippen LogP contribution in [0.2, 0.25) is 0 Å². The molecular weight excluding hydrogens is 250 g/mol. The van der Waals surface area contributed by atoms with Gasteiger partial charge in [-0.2, -0.15) is 11.8 Å². The highest BCUT2D eigenvalue weighted by Gasteiger charge is 2.11. The number of nitrogens with zero attached hydrogens (tertiary/aromatic N) is 2. The van der Waals surface area contributed by atoms with Gasteiger partial charge in [0, 0.05) is 44.1 Å². The highest BCUT2D eigenvalue weighted by molar-refractivity contribution is 7.98. The van der Waals surface area contributed by atoms with E-state index in [1.165, 1.54) is 0 Å². The fraction of sp³-hybridized carbons (Fsp3) is 0.500. The molecule has 0 heterocycles. The number of benzene rings is 1. The molecule has 0 aliphatic carbocycles. The van der Waals surface area contributed by atoms with Crippen molar-refractivity contribution >= 4 is 28.8 Å². The molecule has 0 radical (unpaired) electrons. The van der Waals surface area contributed by atoms with E-state index in [1.807, 2.05) is 29.8 Å². The average molecular weight is 269 g/mol. The molecule has 1 aromatic rings. The summed E-state index contributed by atoms with van der Waals surface area (Å²) < 4.78 is 0. The molecule has 0 spiro atoms. The van der Waals surface area contributed by atoms with Crippen molar-refractivity contribution in [2.24, 2.45) is 0 Å². The summed E-state index contributed by atoms with van der Waals surface area (Å²) in [6, 6.07) is 5.07. The van der Waals surface area contributed by atoms with Crippen molar-refractivity contribution in [3.63, 3.8) is 0 Å². The van der Waals surface area contributed by atoms with E-state index in [0.717, 1.165) is 30.1 Å². The van der Waals surface area contributed by atoms with Gasteiger partial charge in [0.05, 0.1) is 4.92 Å². The lowest BCUT2D eigenvalue weighted by Gasteiger charge is -2.19. The first-order valence-corrected chi connectivity index (χ1v) is 7.15. The van der Waals surface area contributed by atoms with Gasteiger partial charge in [-0.15, -0.1) is 0 Å². The molecule has 6 heteroatoms. The van der Waals surface area contributed by atoms with Crippen LogP contribution in [0.5, 0.6) is 0 Å². The van der Waals surface area contributed by atoms with Gasteiger partial charge < -0.3 is 10.2 Å². The van der Waals surface area contributed by atoms with E-state index in [0.29, 0.717) is 0 Å². The molecule has 1 N–H and O–H groups in total. The van der Waals surface area contributed by atoms with E-state index in [-0.39, 0.29) is 10.6 Å². The number of rotatable bonds is 7. The summed E-state index contributed by atoms with van der Waals surface area (Å²) in [6.45, 7) is 0.894. The highest BCUT2D eigenvalue weighted by Crippen LogP contribution is 2.26. The summed E-state index contributed by atoms with van der Waals surface area (Å²) in [4.78, 5) is 12.5. The molecule has 100 valence electrons. The van der Waals surface area contributed by atoms with E-state index in [2.05, 4.69) is 11.6 Å². The van der Waals surface area contributed by atoms with Gasteiger partial charge in [0.25, 0.3) is 5.69 Å². The molecule has 18 heavy (non-hydrogen) atoms. The first kappa shape index (κ1) is 14.6. The van der Waals surface area contributed by atoms with Crippen LogP contribution in [-0.4, -0.2) is 37.6 Å². The van der Waals surface area contributed by atoms with Gasteiger partial charge in [0.15, 0.2) is 0 Å². The predicted octanol–water partition coefficient (Wildman–Crippen LogP) is 2.83. The summed E-state index contributed by atoms with van der Waals surface area (Å²) in [5, 5.41) is 13.8. The Hall–Kier alpha value is -1.43. The SMILES string of the molecule is CNc1cc(N(C)CCCSC)cc([N+](=O)[O-])c1. The van der Waals surface area contributed by atoms with Crippen molar-refractivity contribution in [3.8, 4) is 0 Å². The minimum Gasteiger partial charge on any atom is -0.388 e. The molecule has 0 aliphatic rings. The zero-order valence-corrected chi connectivity index (χ0v) is 11.8. The lowest BCUT2D eigenvalue weighted by atomic mass is 10.2. The maximum absolute atomic E-state index is 10.9. The van der Waals surface area contributed by atoms with Crippen LogP contribution in [0.15, 0.2) is 18.2 Å². The third-order valence-corrected chi connectivity index (χ3v) is 3.38. The number of nitro benzene ring substituents is 1. The quantitative estimate of drug-likeness (QED) is 0.468. The molecule has 0 fully saturated rings. The first-order chi connectivity index (χ1) is 8.58. The Labute approximate surface area is 112 Å². The van der Waals surface area contributed by atoms with Crippen molar-refractivity contribution in [2.45, 2.75) is 6.42 Å². The Morgan fingerprint density at radius 3 is 2.72 bits per heavy atom. The van der Waals surface area contributed by atoms with Crippen molar-refractivity contribution in [1.29, 1.82) is 0 Å². The second-order valence-corrected chi connectivity index (χ2v) is 5.00. The van der Waals surface area contributed by atoms with E-state index >= 15 is 0 Å². The molecule has 0 saturated carbocycles. The predicted molar refractivity (Wildman–Crippen MR) is 78.9 cm³/mol. The van der Waals surface area contributed by atoms with Crippen LogP contribution in [0, 0.1) is 10.1 Å². The van der Waals surface area contributed by atoms with Crippen LogP contribution in [0.4, 0.5) is 17.1 Å². The van der Waals surface area contributed by atoms with Gasteiger partial charge in [0.2, 0.25) is 0 Å². The van der Waals surface area contributed by atoms with E-state index in [4.69, 9.17) is 0 Å². The number of hydrogen-bond donors (Lipinski definition) is 1. The van der Waals surface area contributed by atoms with E-state index in [9.17, 15) is 10.1 Å². The van der Waals surface area contributed by atoms with Crippen molar-refractivity contribution in [2.75, 3.05) is 42.9 Å². The number of nitro groups is 1. The summed E-state index contributed by atoms with van der Waals surface area (Å²) in [7, 11) is 3.72. The highest BCUT2D eigenvalue weighted by atomic mass is 32.2. The molecule has 0 atom stereocenters. The second kappa shape index (κ2) is 7.10. The molecule has 1 aromatic carbocycles. The van der Waals surface area contributed by atoms with E-state index in [1.54, 1.807) is 19.2 Å². The lowest BCUT2D eigenvalue weighted by molar-refractivity contribution is -0.384. The lowest BCUT2D eigenvalue weighted by Crippen LogP contribution is -2.19. The van der Waals surface area contributed by atoms with Crippen LogP contribution < -0.4 is 10.2 Å². The van der Waals surface area contributed by atoms with Gasteiger partial charge in [-0.05, 0) is 24.5 Å². The Bertz CT molecular complexity index is 412. The Morgan fingerprint density at radius 1 is 1.44 bits per heavy atom. The Morgan fingerprint density at radius 2 is 2.17 bits per heavy atom. The third kappa shape index (κ3) is 4.10. The fourth-order valence-corrected chi connectivity index (χ4v) is 2.06. The standard InChI is InChI=1S/C12H19N3O2S/c1-13-10-7-11(9-12(8-10)15(16)17)14(2)5-4-6-18-3/h7-9,13H,4-6H2,1-3H3. The molecule has 5 nitrogen and oxygen atoms in total. The zero-order valence-electron chi connectivity index (χ0n) is 11.0. The van der Waals surface area contributed by atoms with Crippen LogP contribution >= 0.6 is 11.8 Å². The minimum absolute atomic E-state index is 0.119. The molecule has 0 aromatic heterocycles. The monoisotopic (exact) mass is 269 g/mol. The zero-order chi connectivity index (χ0) is 13.5. The summed E-state index contributed by atoms with van der Waals surface area (Å²) in [5.74, 6) is 1.10. The van der Waals surface area contributed by atoms with Gasteiger partial charge in [-0.1, -0.05) is 0 Å². The molecule has 0 amide bonds. The minimum atomic E-state index is -0.361. The molecule has 0 unspecified atom stereocenters. The maximum atomic E-state index is 10.9. The Kier molecular flexibility index (Phi) is 5.77. The Balaban J connectivity index is 2.86. The van der Waals surface area contributed by atoms with Crippen molar-refractivity contribution < 1.29 is 4.92 Å². The van der Waals surface area contributed by atoms with E-state index < -0.39 is 0 Å². The normalized spacial score (nSPS) is 10.2. The number of thioether (sulfide) groups is 1. The fourth-order valence-electron chi connectivity index (χ4n) is 1.64. The number of non-ortho nitro benzene ring substituents is 1. The van der Waals surface area contributed by atoms with Crippen LogP contribution in [-0.2, 0) is 0 Å². The van der Waals surface area contributed by atoms with Gasteiger partial charge in [0.1, 0.15) is 0 Å². The number of anilines is 2. The number of nitrogens with one attached hydrogen (secondary N) is 1. The van der Waals surface area contributed by atoms with Crippen molar-refractivity contribution in [3.05, 3.63) is 28.3 Å². The topological polar surface area (TPSA) is 58.4 Å². The van der Waals surface area contributed by atoms with Gasteiger partial charge in [-0.25, -0.2) is 0 Å². The van der Waals surface area contributed by atoms with Crippen molar-refractivity contribution in [1.82, 2.24) is 0 Å². The first-order valence-electron chi connectivity index (χ1n) is 5.75. The average Bonchev–Trinajstić information content (AvgIpc) is 2.38. The van der Waals surface area contributed by atoms with Crippen LogP contribution in [0.25, 0.3) is 0 Å². The molecule has 0 saturated heterocycles. The summed E-state index contributed by atoms with van der Waals surface area (Å²) >= 11 is 1.81. The largest absolute Gasteiger partial charge is 0.388 e.